The highest BCUT2D eigenvalue weighted by Gasteiger charge is 2.35. The van der Waals surface area contributed by atoms with Crippen molar-refractivity contribution in [1.29, 1.82) is 0 Å². The third-order valence-electron chi connectivity index (χ3n) is 4.97. The molecule has 2 fully saturated rings. The summed E-state index contributed by atoms with van der Waals surface area (Å²) in [5.41, 5.74) is 2.18. The molecule has 0 saturated carbocycles. The van der Waals surface area contributed by atoms with Gasteiger partial charge in [0, 0.05) is 31.2 Å². The van der Waals surface area contributed by atoms with Gasteiger partial charge in [0.1, 0.15) is 0 Å². The zero-order valence-electron chi connectivity index (χ0n) is 14.4. The van der Waals surface area contributed by atoms with E-state index in [0.717, 1.165) is 31.5 Å². The minimum absolute atomic E-state index is 0.00199. The second kappa shape index (κ2) is 7.79. The molecule has 0 aliphatic carbocycles. The molecular formula is C19H27N3O2. The van der Waals surface area contributed by atoms with E-state index in [0.29, 0.717) is 25.6 Å². The predicted molar refractivity (Wildman–Crippen MR) is 94.9 cm³/mol. The molecule has 2 N–H and O–H groups in total. The van der Waals surface area contributed by atoms with Crippen LogP contribution in [0.5, 0.6) is 0 Å². The molecule has 2 aliphatic rings. The molecule has 2 atom stereocenters. The number of carbonyl (C=O) groups is 2. The molecule has 2 saturated heterocycles. The Morgan fingerprint density at radius 3 is 2.79 bits per heavy atom. The Bertz CT molecular complexity index is 579. The first kappa shape index (κ1) is 17.0. The number of aryl methyl sites for hydroxylation is 1. The number of carbonyl (C=O) groups excluding carboxylic acids is 2. The molecule has 1 aromatic rings. The fourth-order valence-electron chi connectivity index (χ4n) is 3.56. The van der Waals surface area contributed by atoms with Crippen LogP contribution in [0.1, 0.15) is 38.2 Å². The smallest absolute Gasteiger partial charge is 0.227 e. The minimum Gasteiger partial charge on any atom is -0.354 e. The molecule has 0 aromatic heterocycles. The molecule has 0 spiro atoms. The maximum atomic E-state index is 12.3. The van der Waals surface area contributed by atoms with Crippen LogP contribution in [0.4, 0.5) is 5.69 Å². The Balaban J connectivity index is 1.55. The molecule has 130 valence electrons. The van der Waals surface area contributed by atoms with Crippen LogP contribution in [-0.4, -0.2) is 37.5 Å². The van der Waals surface area contributed by atoms with Gasteiger partial charge in [-0.05, 0) is 43.5 Å². The molecule has 2 amide bonds. The maximum Gasteiger partial charge on any atom is 0.227 e. The Labute approximate surface area is 143 Å². The SMILES string of the molecule is CCCc1ccc(N2CC(C(=O)NCC3CCCN3)CC2=O)cc1. The maximum absolute atomic E-state index is 12.3. The number of hydrogen-bond acceptors (Lipinski definition) is 3. The van der Waals surface area contributed by atoms with E-state index >= 15 is 0 Å². The summed E-state index contributed by atoms with van der Waals surface area (Å²) in [7, 11) is 0. The number of rotatable bonds is 6. The molecule has 2 unspecified atom stereocenters. The van der Waals surface area contributed by atoms with Gasteiger partial charge in [-0.1, -0.05) is 25.5 Å². The second-order valence-corrected chi connectivity index (χ2v) is 6.86. The van der Waals surface area contributed by atoms with Crippen molar-refractivity contribution in [2.75, 3.05) is 24.5 Å². The van der Waals surface area contributed by atoms with Crippen molar-refractivity contribution in [3.05, 3.63) is 29.8 Å². The molecule has 24 heavy (non-hydrogen) atoms. The quantitative estimate of drug-likeness (QED) is 0.837. The summed E-state index contributed by atoms with van der Waals surface area (Å²) in [6.07, 6.45) is 4.75. The Kier molecular flexibility index (Phi) is 5.51. The Morgan fingerprint density at radius 2 is 2.12 bits per heavy atom. The summed E-state index contributed by atoms with van der Waals surface area (Å²) < 4.78 is 0. The first-order valence-electron chi connectivity index (χ1n) is 9.07. The number of amides is 2. The molecule has 3 rings (SSSR count). The lowest BCUT2D eigenvalue weighted by atomic mass is 10.1. The molecule has 2 heterocycles. The summed E-state index contributed by atoms with van der Waals surface area (Å²) >= 11 is 0. The third-order valence-corrected chi connectivity index (χ3v) is 4.97. The normalized spacial score (nSPS) is 23.7. The first-order chi connectivity index (χ1) is 11.7. The van der Waals surface area contributed by atoms with Crippen molar-refractivity contribution < 1.29 is 9.59 Å². The zero-order chi connectivity index (χ0) is 16.9. The largest absolute Gasteiger partial charge is 0.354 e. The van der Waals surface area contributed by atoms with E-state index in [-0.39, 0.29) is 17.7 Å². The molecule has 0 bridgehead atoms. The number of nitrogens with one attached hydrogen (secondary N) is 2. The van der Waals surface area contributed by atoms with Gasteiger partial charge in [-0.2, -0.15) is 0 Å². The minimum atomic E-state index is -0.241. The van der Waals surface area contributed by atoms with Crippen LogP contribution < -0.4 is 15.5 Å². The first-order valence-corrected chi connectivity index (χ1v) is 9.07. The van der Waals surface area contributed by atoms with Crippen molar-refractivity contribution in [2.45, 2.75) is 45.1 Å². The molecule has 1 aromatic carbocycles. The summed E-state index contributed by atoms with van der Waals surface area (Å²) in [5, 5.41) is 6.37. The number of benzene rings is 1. The lowest BCUT2D eigenvalue weighted by Crippen LogP contribution is -2.40. The van der Waals surface area contributed by atoms with Gasteiger partial charge in [0.05, 0.1) is 5.92 Å². The van der Waals surface area contributed by atoms with Crippen LogP contribution in [0.2, 0.25) is 0 Å². The monoisotopic (exact) mass is 329 g/mol. The number of hydrogen-bond donors (Lipinski definition) is 2. The highest BCUT2D eigenvalue weighted by molar-refractivity contribution is 6.00. The van der Waals surface area contributed by atoms with Crippen LogP contribution in [-0.2, 0) is 16.0 Å². The lowest BCUT2D eigenvalue weighted by Gasteiger charge is -2.18. The van der Waals surface area contributed by atoms with Gasteiger partial charge in [-0.15, -0.1) is 0 Å². The third kappa shape index (κ3) is 3.96. The molecule has 0 radical (unpaired) electrons. The lowest BCUT2D eigenvalue weighted by molar-refractivity contribution is -0.126. The van der Waals surface area contributed by atoms with Crippen LogP contribution in [0, 0.1) is 5.92 Å². The van der Waals surface area contributed by atoms with Gasteiger partial charge in [0.25, 0.3) is 0 Å². The van der Waals surface area contributed by atoms with Crippen LogP contribution in [0.15, 0.2) is 24.3 Å². The number of nitrogens with zero attached hydrogens (tertiary/aromatic N) is 1. The summed E-state index contributed by atoms with van der Waals surface area (Å²) in [4.78, 5) is 26.4. The van der Waals surface area contributed by atoms with E-state index in [1.54, 1.807) is 4.90 Å². The van der Waals surface area contributed by atoms with Crippen molar-refractivity contribution in [3.8, 4) is 0 Å². The van der Waals surface area contributed by atoms with E-state index in [1.807, 2.05) is 12.1 Å². The van der Waals surface area contributed by atoms with E-state index in [9.17, 15) is 9.59 Å². The average molecular weight is 329 g/mol. The van der Waals surface area contributed by atoms with Gasteiger partial charge in [0.2, 0.25) is 11.8 Å². The Hall–Kier alpha value is -1.88. The van der Waals surface area contributed by atoms with Crippen LogP contribution in [0.25, 0.3) is 0 Å². The fraction of sp³-hybridized carbons (Fsp3) is 0.579. The fourth-order valence-corrected chi connectivity index (χ4v) is 3.56. The van der Waals surface area contributed by atoms with Crippen molar-refractivity contribution in [1.82, 2.24) is 10.6 Å². The predicted octanol–water partition coefficient (Wildman–Crippen LogP) is 1.86. The van der Waals surface area contributed by atoms with E-state index < -0.39 is 0 Å². The van der Waals surface area contributed by atoms with E-state index in [4.69, 9.17) is 0 Å². The standard InChI is InChI=1S/C19H27N3O2/c1-2-4-14-6-8-17(9-7-14)22-13-15(11-18(22)23)19(24)21-12-16-5-3-10-20-16/h6-9,15-16,20H,2-5,10-13H2,1H3,(H,21,24). The summed E-state index contributed by atoms with van der Waals surface area (Å²) in [5.74, 6) is -0.200. The van der Waals surface area contributed by atoms with Crippen LogP contribution >= 0.6 is 0 Å². The summed E-state index contributed by atoms with van der Waals surface area (Å²) in [6, 6.07) is 8.52. The van der Waals surface area contributed by atoms with Gasteiger partial charge < -0.3 is 15.5 Å². The second-order valence-electron chi connectivity index (χ2n) is 6.86. The van der Waals surface area contributed by atoms with Gasteiger partial charge in [-0.3, -0.25) is 9.59 Å². The van der Waals surface area contributed by atoms with Crippen molar-refractivity contribution >= 4 is 17.5 Å². The highest BCUT2D eigenvalue weighted by Crippen LogP contribution is 2.25. The van der Waals surface area contributed by atoms with Gasteiger partial charge in [0.15, 0.2) is 0 Å². The van der Waals surface area contributed by atoms with Crippen molar-refractivity contribution in [3.63, 3.8) is 0 Å². The van der Waals surface area contributed by atoms with Crippen LogP contribution in [0.3, 0.4) is 0 Å². The molecule has 5 heteroatoms. The van der Waals surface area contributed by atoms with Gasteiger partial charge >= 0.3 is 0 Å². The zero-order valence-corrected chi connectivity index (χ0v) is 14.4. The van der Waals surface area contributed by atoms with E-state index in [2.05, 4.69) is 29.7 Å². The highest BCUT2D eigenvalue weighted by atomic mass is 16.2. The summed E-state index contributed by atoms with van der Waals surface area (Å²) in [6.45, 7) is 4.33. The molecule has 2 aliphatic heterocycles. The molecule has 5 nitrogen and oxygen atoms in total. The topological polar surface area (TPSA) is 61.4 Å². The molecular weight excluding hydrogens is 302 g/mol. The van der Waals surface area contributed by atoms with Crippen molar-refractivity contribution in [2.24, 2.45) is 5.92 Å². The number of anilines is 1. The Morgan fingerprint density at radius 1 is 1.33 bits per heavy atom. The van der Waals surface area contributed by atoms with Gasteiger partial charge in [-0.25, -0.2) is 0 Å². The average Bonchev–Trinajstić information content (AvgIpc) is 3.23. The van der Waals surface area contributed by atoms with E-state index in [1.165, 1.54) is 12.0 Å².